The number of rotatable bonds is 8. The topological polar surface area (TPSA) is 104 Å². The number of aliphatic carboxylic acids is 1. The molecule has 11 heteroatoms. The first-order valence-corrected chi connectivity index (χ1v) is 9.95. The predicted octanol–water partition coefficient (Wildman–Crippen LogP) is 1.41. The molecule has 0 atom stereocenters. The van der Waals surface area contributed by atoms with Gasteiger partial charge in [0.15, 0.2) is 0 Å². The Morgan fingerprint density at radius 3 is 2.60 bits per heavy atom. The number of thiophene rings is 1. The average Bonchev–Trinajstić information content (AvgIpc) is 2.98. The zero-order valence-corrected chi connectivity index (χ0v) is 14.9. The number of likely N-dealkylation sites (N-methyl/N-ethyl adjacent to an activating group) is 1. The third-order valence-electron chi connectivity index (χ3n) is 4.09. The largest absolute Gasteiger partial charge is 0.480 e. The van der Waals surface area contributed by atoms with Crippen molar-refractivity contribution >= 4 is 33.1 Å². The number of carbonyl (C=O) groups is 2. The summed E-state index contributed by atoms with van der Waals surface area (Å²) in [4.78, 5) is 23.8. The first-order valence-electron chi connectivity index (χ1n) is 7.53. The summed E-state index contributed by atoms with van der Waals surface area (Å²) in [6.07, 6.45) is 1.05. The van der Waals surface area contributed by atoms with Gasteiger partial charge in [-0.3, -0.25) is 14.5 Å². The van der Waals surface area contributed by atoms with E-state index in [0.717, 1.165) is 17.4 Å². The number of halogens is 2. The van der Waals surface area contributed by atoms with E-state index in [1.54, 1.807) is 4.90 Å². The Labute approximate surface area is 147 Å². The van der Waals surface area contributed by atoms with Gasteiger partial charge in [0.25, 0.3) is 5.91 Å². The van der Waals surface area contributed by atoms with E-state index < -0.39 is 32.4 Å². The van der Waals surface area contributed by atoms with Crippen molar-refractivity contribution in [2.24, 2.45) is 0 Å². The maximum absolute atomic E-state index is 12.7. The highest BCUT2D eigenvalue weighted by atomic mass is 32.2. The number of hydrogen-bond acceptors (Lipinski definition) is 6. The Kier molecular flexibility index (Phi) is 6.12. The molecule has 0 unspecified atom stereocenters. The molecule has 1 aliphatic carbocycles. The van der Waals surface area contributed by atoms with Crippen LogP contribution in [0.1, 0.15) is 29.4 Å². The monoisotopic (exact) mass is 396 g/mol. The van der Waals surface area contributed by atoms with Crippen LogP contribution < -0.4 is 5.32 Å². The Balaban J connectivity index is 1.98. The maximum atomic E-state index is 12.7. The van der Waals surface area contributed by atoms with E-state index in [0.29, 0.717) is 19.4 Å². The summed E-state index contributed by atoms with van der Waals surface area (Å²) in [7, 11) is -4.83. The maximum Gasteiger partial charge on any atom is 0.341 e. The Morgan fingerprint density at radius 2 is 2.08 bits per heavy atom. The second-order valence-corrected chi connectivity index (χ2v) is 8.47. The minimum Gasteiger partial charge on any atom is -0.480 e. The van der Waals surface area contributed by atoms with E-state index in [1.807, 2.05) is 6.92 Å². The molecule has 7 nitrogen and oxygen atoms in total. The molecule has 0 saturated heterocycles. The van der Waals surface area contributed by atoms with Crippen molar-refractivity contribution in [3.63, 3.8) is 0 Å². The first-order chi connectivity index (χ1) is 11.7. The molecule has 0 radical (unpaired) electrons. The minimum atomic E-state index is -4.83. The number of hydrogen-bond donors (Lipinski definition) is 2. The third kappa shape index (κ3) is 4.33. The third-order valence-corrected chi connectivity index (χ3v) is 6.55. The molecule has 0 aromatic carbocycles. The SMILES string of the molecule is CCN(CC(=O)O)C1CC(NC(=O)c2sccc2S(=O)(=O)C(F)F)C1. The van der Waals surface area contributed by atoms with Crippen molar-refractivity contribution in [1.29, 1.82) is 0 Å². The van der Waals surface area contributed by atoms with Gasteiger partial charge in [0, 0.05) is 12.1 Å². The standard InChI is InChI=1S/C14H18F2N2O5S2/c1-2-18(7-11(19)20)9-5-8(6-9)17-13(21)12-10(3-4-24-12)25(22,23)14(15)16/h3-4,8-9,14H,2,5-7H2,1H3,(H,17,21)(H,19,20). The zero-order chi connectivity index (χ0) is 18.8. The van der Waals surface area contributed by atoms with Crippen LogP contribution in [0.25, 0.3) is 0 Å². The predicted molar refractivity (Wildman–Crippen MR) is 86.7 cm³/mol. The molecule has 0 aliphatic heterocycles. The van der Waals surface area contributed by atoms with E-state index >= 15 is 0 Å². The van der Waals surface area contributed by atoms with Gasteiger partial charge in [-0.1, -0.05) is 6.92 Å². The molecular formula is C14H18F2N2O5S2. The van der Waals surface area contributed by atoms with E-state index in [2.05, 4.69) is 5.32 Å². The second kappa shape index (κ2) is 7.75. The lowest BCUT2D eigenvalue weighted by molar-refractivity contribution is -0.139. The average molecular weight is 396 g/mol. The Bertz CT molecular complexity index is 744. The summed E-state index contributed by atoms with van der Waals surface area (Å²) in [5.74, 6) is -5.23. The van der Waals surface area contributed by atoms with Gasteiger partial charge < -0.3 is 10.4 Å². The fourth-order valence-electron chi connectivity index (χ4n) is 2.71. The number of nitrogens with zero attached hydrogens (tertiary/aromatic N) is 1. The highest BCUT2D eigenvalue weighted by molar-refractivity contribution is 7.92. The minimum absolute atomic E-state index is 0.0130. The van der Waals surface area contributed by atoms with Crippen LogP contribution in [-0.2, 0) is 14.6 Å². The number of carboxylic acids is 1. The van der Waals surface area contributed by atoms with Gasteiger partial charge in [-0.05, 0) is 30.8 Å². The van der Waals surface area contributed by atoms with E-state index in [-0.39, 0.29) is 23.5 Å². The number of amides is 1. The molecule has 1 fully saturated rings. The van der Waals surface area contributed by atoms with Crippen LogP contribution in [0.5, 0.6) is 0 Å². The molecule has 2 rings (SSSR count). The molecule has 1 aromatic heterocycles. The van der Waals surface area contributed by atoms with Crippen LogP contribution in [0, 0.1) is 0 Å². The van der Waals surface area contributed by atoms with Crippen LogP contribution in [0.3, 0.4) is 0 Å². The number of alkyl halides is 2. The Morgan fingerprint density at radius 1 is 1.44 bits per heavy atom. The molecule has 140 valence electrons. The zero-order valence-electron chi connectivity index (χ0n) is 13.3. The summed E-state index contributed by atoms with van der Waals surface area (Å²) < 4.78 is 48.5. The first kappa shape index (κ1) is 19.7. The lowest BCUT2D eigenvalue weighted by atomic mass is 9.85. The van der Waals surface area contributed by atoms with Gasteiger partial charge in [-0.25, -0.2) is 8.42 Å². The molecule has 1 saturated carbocycles. The molecular weight excluding hydrogens is 378 g/mol. The van der Waals surface area contributed by atoms with Crippen molar-refractivity contribution in [3.8, 4) is 0 Å². The highest BCUT2D eigenvalue weighted by Gasteiger charge is 2.37. The van der Waals surface area contributed by atoms with Crippen molar-refractivity contribution in [3.05, 3.63) is 16.3 Å². The van der Waals surface area contributed by atoms with Gasteiger partial charge in [0.1, 0.15) is 4.88 Å². The Hall–Kier alpha value is -1.59. The van der Waals surface area contributed by atoms with Crippen LogP contribution in [-0.4, -0.2) is 61.2 Å². The molecule has 1 aliphatic rings. The molecule has 2 N–H and O–H groups in total. The summed E-state index contributed by atoms with van der Waals surface area (Å²) in [5, 5.41) is 12.7. The van der Waals surface area contributed by atoms with Crippen molar-refractivity contribution < 1.29 is 31.9 Å². The molecule has 1 aromatic rings. The van der Waals surface area contributed by atoms with Gasteiger partial charge in [-0.2, -0.15) is 8.78 Å². The van der Waals surface area contributed by atoms with Crippen molar-refractivity contribution in [2.75, 3.05) is 13.1 Å². The quantitative estimate of drug-likeness (QED) is 0.689. The lowest BCUT2D eigenvalue weighted by Gasteiger charge is -2.42. The summed E-state index contributed by atoms with van der Waals surface area (Å²) in [6.45, 7) is 2.30. The van der Waals surface area contributed by atoms with E-state index in [1.165, 1.54) is 5.38 Å². The van der Waals surface area contributed by atoms with Crippen molar-refractivity contribution in [1.82, 2.24) is 10.2 Å². The lowest BCUT2D eigenvalue weighted by Crippen LogP contribution is -2.54. The van der Waals surface area contributed by atoms with Crippen LogP contribution >= 0.6 is 11.3 Å². The molecule has 25 heavy (non-hydrogen) atoms. The molecule has 0 bridgehead atoms. The van der Waals surface area contributed by atoms with Gasteiger partial charge in [0.05, 0.1) is 11.4 Å². The van der Waals surface area contributed by atoms with Crippen LogP contribution in [0.4, 0.5) is 8.78 Å². The van der Waals surface area contributed by atoms with Crippen LogP contribution in [0.2, 0.25) is 0 Å². The molecule has 1 amide bonds. The smallest absolute Gasteiger partial charge is 0.341 e. The van der Waals surface area contributed by atoms with Crippen molar-refractivity contribution in [2.45, 2.75) is 42.5 Å². The van der Waals surface area contributed by atoms with Crippen LogP contribution in [0.15, 0.2) is 16.3 Å². The molecule has 1 heterocycles. The number of sulfone groups is 1. The number of carbonyl (C=O) groups excluding carboxylic acids is 1. The second-order valence-electron chi connectivity index (χ2n) is 5.67. The fraction of sp³-hybridized carbons (Fsp3) is 0.571. The number of carboxylic acid groups (broad SMARTS) is 1. The summed E-state index contributed by atoms with van der Waals surface area (Å²) in [5.41, 5.74) is 0. The van der Waals surface area contributed by atoms with E-state index in [4.69, 9.17) is 5.11 Å². The fourth-order valence-corrected chi connectivity index (χ4v) is 4.78. The summed E-state index contributed by atoms with van der Waals surface area (Å²) in [6, 6.07) is 0.764. The highest BCUT2D eigenvalue weighted by Crippen LogP contribution is 2.29. The summed E-state index contributed by atoms with van der Waals surface area (Å²) >= 11 is 0.786. The van der Waals surface area contributed by atoms with E-state index in [9.17, 15) is 26.8 Å². The van der Waals surface area contributed by atoms with Gasteiger partial charge >= 0.3 is 11.7 Å². The van der Waals surface area contributed by atoms with Gasteiger partial charge in [0.2, 0.25) is 9.84 Å². The normalized spacial score (nSPS) is 20.5. The van der Waals surface area contributed by atoms with Gasteiger partial charge in [-0.15, -0.1) is 11.3 Å². The number of nitrogens with one attached hydrogen (secondary N) is 1. The molecule has 0 spiro atoms.